The molecule has 7 heteroatoms. The van der Waals surface area contributed by atoms with Crippen LogP contribution in [0.5, 0.6) is 0 Å². The predicted octanol–water partition coefficient (Wildman–Crippen LogP) is 0.549. The summed E-state index contributed by atoms with van der Waals surface area (Å²) in [4.78, 5) is 26.7. The molecule has 0 aliphatic rings. The van der Waals surface area contributed by atoms with Crippen molar-refractivity contribution in [2.45, 2.75) is 25.5 Å². The van der Waals surface area contributed by atoms with E-state index >= 15 is 0 Å². The maximum atomic E-state index is 12.0. The highest BCUT2D eigenvalue weighted by Gasteiger charge is 2.18. The SMILES string of the molecule is CC(C(=O)NCCC(O)C(=O)O)n1cnc2ccccc21. The summed E-state index contributed by atoms with van der Waals surface area (Å²) in [6, 6.07) is 7.01. The summed E-state index contributed by atoms with van der Waals surface area (Å²) >= 11 is 0. The lowest BCUT2D eigenvalue weighted by molar-refractivity contribution is -0.147. The van der Waals surface area contributed by atoms with Crippen LogP contribution in [0.2, 0.25) is 0 Å². The molecule has 1 aromatic heterocycles. The second kappa shape index (κ2) is 6.36. The summed E-state index contributed by atoms with van der Waals surface area (Å²) in [6.45, 7) is 1.83. The second-order valence-corrected chi connectivity index (χ2v) is 4.75. The molecule has 2 unspecified atom stereocenters. The Morgan fingerprint density at radius 2 is 2.10 bits per heavy atom. The summed E-state index contributed by atoms with van der Waals surface area (Å²) in [6.07, 6.45) is 0.106. The number of aliphatic carboxylic acids is 1. The first kappa shape index (κ1) is 15.0. The number of amides is 1. The van der Waals surface area contributed by atoms with Gasteiger partial charge in [-0.1, -0.05) is 12.1 Å². The quantitative estimate of drug-likeness (QED) is 0.721. The Labute approximate surface area is 121 Å². The first-order valence-electron chi connectivity index (χ1n) is 6.61. The molecule has 2 aromatic rings. The molecule has 0 saturated heterocycles. The maximum absolute atomic E-state index is 12.0. The van der Waals surface area contributed by atoms with Crippen molar-refractivity contribution in [1.82, 2.24) is 14.9 Å². The molecule has 7 nitrogen and oxygen atoms in total. The van der Waals surface area contributed by atoms with Crippen molar-refractivity contribution in [2.75, 3.05) is 6.54 Å². The van der Waals surface area contributed by atoms with Gasteiger partial charge in [0.05, 0.1) is 17.4 Å². The van der Waals surface area contributed by atoms with Crippen LogP contribution in [0, 0.1) is 0 Å². The van der Waals surface area contributed by atoms with Gasteiger partial charge in [0.1, 0.15) is 6.04 Å². The molecule has 112 valence electrons. The van der Waals surface area contributed by atoms with Crippen LogP contribution in [0.15, 0.2) is 30.6 Å². The van der Waals surface area contributed by atoms with Crippen molar-refractivity contribution in [2.24, 2.45) is 0 Å². The smallest absolute Gasteiger partial charge is 0.332 e. The lowest BCUT2D eigenvalue weighted by Gasteiger charge is -2.15. The number of hydrogen-bond donors (Lipinski definition) is 3. The van der Waals surface area contributed by atoms with Gasteiger partial charge >= 0.3 is 5.97 Å². The minimum absolute atomic E-state index is 0.0293. The van der Waals surface area contributed by atoms with Gasteiger partial charge in [-0.25, -0.2) is 9.78 Å². The molecular weight excluding hydrogens is 274 g/mol. The number of aliphatic hydroxyl groups excluding tert-OH is 1. The summed E-state index contributed by atoms with van der Waals surface area (Å²) in [5.74, 6) is -1.55. The minimum Gasteiger partial charge on any atom is -0.479 e. The Kier molecular flexibility index (Phi) is 4.54. The number of hydrogen-bond acceptors (Lipinski definition) is 4. The van der Waals surface area contributed by atoms with E-state index in [1.165, 1.54) is 0 Å². The van der Waals surface area contributed by atoms with Gasteiger partial charge in [-0.05, 0) is 19.1 Å². The number of fused-ring (bicyclic) bond motifs is 1. The van der Waals surface area contributed by atoms with Crippen molar-refractivity contribution >= 4 is 22.9 Å². The molecule has 2 atom stereocenters. The summed E-state index contributed by atoms with van der Waals surface area (Å²) in [5, 5.41) is 20.3. The lowest BCUT2D eigenvalue weighted by Crippen LogP contribution is -2.34. The van der Waals surface area contributed by atoms with Crippen LogP contribution in [0.1, 0.15) is 19.4 Å². The fourth-order valence-corrected chi connectivity index (χ4v) is 2.02. The summed E-state index contributed by atoms with van der Waals surface area (Å²) in [5.41, 5.74) is 1.66. The van der Waals surface area contributed by atoms with Crippen LogP contribution in [-0.4, -0.2) is 44.3 Å². The average molecular weight is 291 g/mol. The molecule has 3 N–H and O–H groups in total. The van der Waals surface area contributed by atoms with E-state index in [2.05, 4.69) is 10.3 Å². The van der Waals surface area contributed by atoms with Gasteiger partial charge in [0.15, 0.2) is 6.10 Å². The number of carboxylic acids is 1. The zero-order valence-electron chi connectivity index (χ0n) is 11.6. The maximum Gasteiger partial charge on any atom is 0.332 e. The van der Waals surface area contributed by atoms with Crippen LogP contribution < -0.4 is 5.32 Å². The number of benzene rings is 1. The van der Waals surface area contributed by atoms with E-state index in [0.717, 1.165) is 11.0 Å². The van der Waals surface area contributed by atoms with Crippen LogP contribution in [0.25, 0.3) is 11.0 Å². The molecule has 1 aromatic carbocycles. The number of rotatable bonds is 6. The number of nitrogens with one attached hydrogen (secondary N) is 1. The number of aromatic nitrogens is 2. The predicted molar refractivity (Wildman–Crippen MR) is 75.7 cm³/mol. The molecule has 0 saturated carbocycles. The van der Waals surface area contributed by atoms with Crippen molar-refractivity contribution < 1.29 is 19.8 Å². The van der Waals surface area contributed by atoms with Gasteiger partial charge < -0.3 is 20.1 Å². The van der Waals surface area contributed by atoms with E-state index in [1.54, 1.807) is 17.8 Å². The third-order valence-electron chi connectivity index (χ3n) is 3.28. The zero-order chi connectivity index (χ0) is 15.4. The van der Waals surface area contributed by atoms with Crippen molar-refractivity contribution in [3.05, 3.63) is 30.6 Å². The molecule has 2 rings (SSSR count). The van der Waals surface area contributed by atoms with Gasteiger partial charge in [-0.2, -0.15) is 0 Å². The Bertz CT molecular complexity index is 652. The van der Waals surface area contributed by atoms with Gasteiger partial charge in [0, 0.05) is 13.0 Å². The fourth-order valence-electron chi connectivity index (χ4n) is 2.02. The molecular formula is C14H17N3O4. The number of para-hydroxylation sites is 2. The van der Waals surface area contributed by atoms with Crippen molar-refractivity contribution in [3.63, 3.8) is 0 Å². The molecule has 0 spiro atoms. The Hall–Kier alpha value is -2.41. The number of nitrogens with zero attached hydrogens (tertiary/aromatic N) is 2. The first-order valence-corrected chi connectivity index (χ1v) is 6.61. The van der Waals surface area contributed by atoms with Gasteiger partial charge in [0.25, 0.3) is 0 Å². The monoisotopic (exact) mass is 291 g/mol. The van der Waals surface area contributed by atoms with Crippen molar-refractivity contribution in [3.8, 4) is 0 Å². The molecule has 0 aliphatic carbocycles. The standard InChI is InChI=1S/C14H17N3O4/c1-9(13(19)15-7-6-12(18)14(20)21)17-8-16-10-4-2-3-5-11(10)17/h2-5,8-9,12,18H,6-7H2,1H3,(H,15,19)(H,20,21). The number of aliphatic hydroxyl groups is 1. The largest absolute Gasteiger partial charge is 0.479 e. The van der Waals surface area contributed by atoms with E-state index in [1.807, 2.05) is 24.3 Å². The molecule has 1 amide bonds. The summed E-state index contributed by atoms with van der Waals surface area (Å²) < 4.78 is 1.75. The van der Waals surface area contributed by atoms with E-state index < -0.39 is 18.1 Å². The molecule has 0 radical (unpaired) electrons. The van der Waals surface area contributed by atoms with Crippen LogP contribution in [0.3, 0.4) is 0 Å². The first-order chi connectivity index (χ1) is 10.0. The Balaban J connectivity index is 1.98. The third kappa shape index (κ3) is 3.38. The van der Waals surface area contributed by atoms with Crippen LogP contribution in [-0.2, 0) is 9.59 Å². The molecule has 0 aliphatic heterocycles. The number of carboxylic acid groups (broad SMARTS) is 1. The highest BCUT2D eigenvalue weighted by Crippen LogP contribution is 2.17. The fraction of sp³-hybridized carbons (Fsp3) is 0.357. The van der Waals surface area contributed by atoms with Crippen molar-refractivity contribution in [1.29, 1.82) is 0 Å². The van der Waals surface area contributed by atoms with Crippen LogP contribution in [0.4, 0.5) is 0 Å². The molecule has 0 bridgehead atoms. The Morgan fingerprint density at radius 3 is 2.81 bits per heavy atom. The van der Waals surface area contributed by atoms with E-state index in [0.29, 0.717) is 0 Å². The highest BCUT2D eigenvalue weighted by atomic mass is 16.4. The average Bonchev–Trinajstić information content (AvgIpc) is 2.89. The van der Waals surface area contributed by atoms with E-state index in [-0.39, 0.29) is 18.9 Å². The summed E-state index contributed by atoms with van der Waals surface area (Å²) in [7, 11) is 0. The Morgan fingerprint density at radius 1 is 1.38 bits per heavy atom. The topological polar surface area (TPSA) is 104 Å². The van der Waals surface area contributed by atoms with Gasteiger partial charge in [0.2, 0.25) is 5.91 Å². The van der Waals surface area contributed by atoms with Gasteiger partial charge in [-0.15, -0.1) is 0 Å². The second-order valence-electron chi connectivity index (χ2n) is 4.75. The highest BCUT2D eigenvalue weighted by molar-refractivity contribution is 5.83. The number of carbonyl (C=O) groups excluding carboxylic acids is 1. The molecule has 1 heterocycles. The molecule has 0 fully saturated rings. The third-order valence-corrected chi connectivity index (χ3v) is 3.28. The normalized spacial score (nSPS) is 13.8. The minimum atomic E-state index is -1.46. The van der Waals surface area contributed by atoms with E-state index in [9.17, 15) is 9.59 Å². The van der Waals surface area contributed by atoms with Crippen LogP contribution >= 0.6 is 0 Å². The number of carbonyl (C=O) groups is 2. The van der Waals surface area contributed by atoms with Gasteiger partial charge in [-0.3, -0.25) is 4.79 Å². The lowest BCUT2D eigenvalue weighted by atomic mass is 10.2. The number of imidazole rings is 1. The zero-order valence-corrected chi connectivity index (χ0v) is 11.6. The molecule has 21 heavy (non-hydrogen) atoms. The van der Waals surface area contributed by atoms with E-state index in [4.69, 9.17) is 10.2 Å².